The summed E-state index contributed by atoms with van der Waals surface area (Å²) in [6.07, 6.45) is 1.60. The minimum Gasteiger partial charge on any atom is -0.465 e. The monoisotopic (exact) mass is 409 g/mol. The quantitative estimate of drug-likeness (QED) is 0.494. The summed E-state index contributed by atoms with van der Waals surface area (Å²) in [5.41, 5.74) is 4.69. The molecule has 7 nitrogen and oxygen atoms in total. The molecule has 4 rings (SSSR count). The molecule has 1 amide bonds. The largest absolute Gasteiger partial charge is 0.465 e. The molecular formula is C21H19N3O4S. The van der Waals surface area contributed by atoms with E-state index in [0.717, 1.165) is 28.0 Å². The molecule has 0 aliphatic rings. The molecule has 0 aliphatic heterocycles. The topological polar surface area (TPSA) is 86.4 Å². The number of ether oxygens (including phenoxy) is 1. The minimum absolute atomic E-state index is 0.324. The highest BCUT2D eigenvalue weighted by Crippen LogP contribution is 2.27. The van der Waals surface area contributed by atoms with Gasteiger partial charge in [0.25, 0.3) is 5.91 Å². The normalized spacial score (nSPS) is 11.0. The van der Waals surface area contributed by atoms with Crippen molar-refractivity contribution in [2.24, 2.45) is 0 Å². The Kier molecular flexibility index (Phi) is 4.94. The van der Waals surface area contributed by atoms with Gasteiger partial charge in [-0.25, -0.2) is 9.78 Å². The highest BCUT2D eigenvalue weighted by atomic mass is 32.1. The number of benzene rings is 1. The van der Waals surface area contributed by atoms with E-state index in [9.17, 15) is 9.59 Å². The third kappa shape index (κ3) is 3.54. The van der Waals surface area contributed by atoms with Crippen molar-refractivity contribution in [2.45, 2.75) is 20.4 Å². The van der Waals surface area contributed by atoms with Gasteiger partial charge in [-0.3, -0.25) is 10.1 Å². The average molecular weight is 409 g/mol. The van der Waals surface area contributed by atoms with Crippen molar-refractivity contribution < 1.29 is 18.7 Å². The second-order valence-corrected chi connectivity index (χ2v) is 7.59. The summed E-state index contributed by atoms with van der Waals surface area (Å²) >= 11 is 1.09. The van der Waals surface area contributed by atoms with Crippen LogP contribution >= 0.6 is 11.3 Å². The van der Waals surface area contributed by atoms with E-state index in [2.05, 4.69) is 10.3 Å². The number of anilines is 1. The van der Waals surface area contributed by atoms with Crippen LogP contribution in [0.2, 0.25) is 0 Å². The molecule has 0 saturated heterocycles. The van der Waals surface area contributed by atoms with Gasteiger partial charge in [-0.1, -0.05) is 35.6 Å². The smallest absolute Gasteiger partial charge is 0.350 e. The number of rotatable bonds is 5. The fraction of sp³-hybridized carbons (Fsp3) is 0.190. The van der Waals surface area contributed by atoms with Crippen molar-refractivity contribution >= 4 is 39.4 Å². The number of aryl methyl sites for hydroxylation is 2. The SMILES string of the molecule is COC(=O)c1sc(NC(=O)c2cc3occc3n2Cc2ccccc2C)nc1C. The molecule has 148 valence electrons. The number of hydrogen-bond acceptors (Lipinski definition) is 6. The van der Waals surface area contributed by atoms with E-state index in [0.29, 0.717) is 33.5 Å². The second kappa shape index (κ2) is 7.56. The van der Waals surface area contributed by atoms with Crippen molar-refractivity contribution in [1.29, 1.82) is 0 Å². The molecule has 0 saturated carbocycles. The van der Waals surface area contributed by atoms with Crippen molar-refractivity contribution in [1.82, 2.24) is 9.55 Å². The number of hydrogen-bond donors (Lipinski definition) is 1. The summed E-state index contributed by atoms with van der Waals surface area (Å²) in [7, 11) is 1.31. The predicted molar refractivity (Wildman–Crippen MR) is 111 cm³/mol. The Balaban J connectivity index is 1.67. The number of furan rings is 1. The van der Waals surface area contributed by atoms with Gasteiger partial charge < -0.3 is 13.7 Å². The first-order chi connectivity index (χ1) is 14.0. The number of nitrogens with one attached hydrogen (secondary N) is 1. The van der Waals surface area contributed by atoms with Crippen LogP contribution in [0.1, 0.15) is 37.0 Å². The first-order valence-electron chi connectivity index (χ1n) is 8.96. The predicted octanol–water partition coefficient (Wildman–Crippen LogP) is 4.39. The molecule has 3 aromatic heterocycles. The third-order valence-corrected chi connectivity index (χ3v) is 5.79. The number of fused-ring (bicyclic) bond motifs is 1. The van der Waals surface area contributed by atoms with E-state index in [4.69, 9.17) is 9.15 Å². The first kappa shape index (κ1) is 18.9. The summed E-state index contributed by atoms with van der Waals surface area (Å²) in [6.45, 7) is 4.27. The second-order valence-electron chi connectivity index (χ2n) is 6.59. The molecule has 8 heteroatoms. The van der Waals surface area contributed by atoms with Crippen LogP contribution in [0.5, 0.6) is 0 Å². The van der Waals surface area contributed by atoms with Gasteiger partial charge in [0, 0.05) is 18.7 Å². The summed E-state index contributed by atoms with van der Waals surface area (Å²) in [5.74, 6) is -0.795. The zero-order valence-electron chi connectivity index (χ0n) is 16.2. The number of carbonyl (C=O) groups excluding carboxylic acids is 2. The first-order valence-corrected chi connectivity index (χ1v) is 9.78. The number of carbonyl (C=O) groups is 2. The van der Waals surface area contributed by atoms with E-state index < -0.39 is 5.97 Å². The Morgan fingerprint density at radius 3 is 2.79 bits per heavy atom. The number of amides is 1. The lowest BCUT2D eigenvalue weighted by molar-refractivity contribution is 0.0605. The van der Waals surface area contributed by atoms with Crippen molar-refractivity contribution in [3.63, 3.8) is 0 Å². The van der Waals surface area contributed by atoms with Gasteiger partial charge in [0.2, 0.25) is 0 Å². The van der Waals surface area contributed by atoms with Crippen LogP contribution in [-0.2, 0) is 11.3 Å². The van der Waals surface area contributed by atoms with E-state index in [1.54, 1.807) is 19.3 Å². The maximum absolute atomic E-state index is 13.0. The van der Waals surface area contributed by atoms with Gasteiger partial charge in [0.15, 0.2) is 10.7 Å². The number of aromatic nitrogens is 2. The van der Waals surface area contributed by atoms with Crippen LogP contribution in [-0.4, -0.2) is 28.5 Å². The van der Waals surface area contributed by atoms with E-state index in [1.165, 1.54) is 7.11 Å². The zero-order valence-corrected chi connectivity index (χ0v) is 17.0. The van der Waals surface area contributed by atoms with Gasteiger partial charge in [-0.2, -0.15) is 0 Å². The lowest BCUT2D eigenvalue weighted by Gasteiger charge is -2.11. The summed E-state index contributed by atoms with van der Waals surface area (Å²) < 4.78 is 12.2. The number of thiazole rings is 1. The molecule has 0 aliphatic carbocycles. The van der Waals surface area contributed by atoms with Gasteiger partial charge in [0.05, 0.1) is 24.6 Å². The molecule has 0 fully saturated rings. The lowest BCUT2D eigenvalue weighted by Crippen LogP contribution is -2.17. The van der Waals surface area contributed by atoms with Crippen molar-refractivity contribution in [3.8, 4) is 0 Å². The highest BCUT2D eigenvalue weighted by molar-refractivity contribution is 7.17. The molecule has 0 radical (unpaired) electrons. The molecular weight excluding hydrogens is 390 g/mol. The molecule has 1 N–H and O–H groups in total. The fourth-order valence-electron chi connectivity index (χ4n) is 3.19. The maximum Gasteiger partial charge on any atom is 0.350 e. The van der Waals surface area contributed by atoms with E-state index in [1.807, 2.05) is 41.8 Å². The standard InChI is InChI=1S/C21H19N3O4S/c1-12-6-4-5-7-14(12)11-24-15-8-9-28-17(15)10-16(24)19(25)23-21-22-13(2)18(29-21)20(26)27-3/h4-10H,11H2,1-3H3,(H,22,23,25). The summed E-state index contributed by atoms with van der Waals surface area (Å²) in [6, 6.07) is 11.6. The number of esters is 1. The molecule has 3 heterocycles. The lowest BCUT2D eigenvalue weighted by atomic mass is 10.1. The minimum atomic E-state index is -0.471. The molecule has 29 heavy (non-hydrogen) atoms. The van der Waals surface area contributed by atoms with Crippen LogP contribution in [0.15, 0.2) is 47.1 Å². The Hall–Kier alpha value is -3.39. The molecule has 0 unspecified atom stereocenters. The van der Waals surface area contributed by atoms with Crippen LogP contribution < -0.4 is 5.32 Å². The van der Waals surface area contributed by atoms with Crippen LogP contribution in [0.4, 0.5) is 5.13 Å². The zero-order chi connectivity index (χ0) is 20.5. The van der Waals surface area contributed by atoms with Gasteiger partial charge >= 0.3 is 5.97 Å². The van der Waals surface area contributed by atoms with Crippen LogP contribution in [0, 0.1) is 13.8 Å². The molecule has 0 spiro atoms. The number of methoxy groups -OCH3 is 1. The fourth-order valence-corrected chi connectivity index (χ4v) is 4.07. The molecule has 0 atom stereocenters. The van der Waals surface area contributed by atoms with Crippen molar-refractivity contribution in [3.05, 3.63) is 70.1 Å². The van der Waals surface area contributed by atoms with Crippen molar-refractivity contribution in [2.75, 3.05) is 12.4 Å². The van der Waals surface area contributed by atoms with Crippen LogP contribution in [0.25, 0.3) is 11.1 Å². The summed E-state index contributed by atoms with van der Waals surface area (Å²) in [5, 5.41) is 3.13. The Labute approximate surface area is 170 Å². The number of nitrogens with zero attached hydrogens (tertiary/aromatic N) is 2. The van der Waals surface area contributed by atoms with E-state index >= 15 is 0 Å². The highest BCUT2D eigenvalue weighted by Gasteiger charge is 2.21. The third-order valence-electron chi connectivity index (χ3n) is 4.73. The summed E-state index contributed by atoms with van der Waals surface area (Å²) in [4.78, 5) is 29.4. The average Bonchev–Trinajstić information content (AvgIpc) is 3.38. The van der Waals surface area contributed by atoms with Gasteiger partial charge in [0.1, 0.15) is 10.6 Å². The van der Waals surface area contributed by atoms with Crippen LogP contribution in [0.3, 0.4) is 0 Å². The van der Waals surface area contributed by atoms with Gasteiger partial charge in [-0.05, 0) is 25.0 Å². The molecule has 4 aromatic rings. The molecule has 1 aromatic carbocycles. The van der Waals surface area contributed by atoms with E-state index in [-0.39, 0.29) is 5.91 Å². The molecule has 0 bridgehead atoms. The Morgan fingerprint density at radius 2 is 2.03 bits per heavy atom. The Morgan fingerprint density at radius 1 is 1.24 bits per heavy atom. The maximum atomic E-state index is 13.0. The Bertz CT molecular complexity index is 1220. The van der Waals surface area contributed by atoms with Gasteiger partial charge in [-0.15, -0.1) is 0 Å².